The van der Waals surface area contributed by atoms with Crippen LogP contribution in [0.4, 0.5) is 0 Å². The van der Waals surface area contributed by atoms with E-state index in [0.717, 1.165) is 17.0 Å². The minimum absolute atomic E-state index is 0.0422. The zero-order chi connectivity index (χ0) is 15.5. The third-order valence-electron chi connectivity index (χ3n) is 2.99. The predicted octanol–water partition coefficient (Wildman–Crippen LogP) is 3.54. The van der Waals surface area contributed by atoms with Gasteiger partial charge in [0, 0.05) is 30.9 Å². The summed E-state index contributed by atoms with van der Waals surface area (Å²) in [6, 6.07) is 7.74. The number of halogens is 1. The fourth-order valence-corrected chi connectivity index (χ4v) is 2.15. The van der Waals surface area contributed by atoms with Gasteiger partial charge < -0.3 is 10.1 Å². The van der Waals surface area contributed by atoms with Crippen molar-refractivity contribution in [3.63, 3.8) is 0 Å². The second-order valence-electron chi connectivity index (χ2n) is 6.10. The van der Waals surface area contributed by atoms with E-state index in [1.165, 1.54) is 0 Å². The highest BCUT2D eigenvalue weighted by molar-refractivity contribution is 6.32. The van der Waals surface area contributed by atoms with Crippen molar-refractivity contribution in [2.24, 2.45) is 7.05 Å². The van der Waals surface area contributed by atoms with Crippen LogP contribution in [0.25, 0.3) is 0 Å². The summed E-state index contributed by atoms with van der Waals surface area (Å²) in [5.41, 5.74) is 1.97. The first-order valence-corrected chi connectivity index (χ1v) is 7.37. The Morgan fingerprint density at radius 2 is 2.05 bits per heavy atom. The number of hydrogen-bond donors (Lipinski definition) is 1. The summed E-state index contributed by atoms with van der Waals surface area (Å²) >= 11 is 6.27. The van der Waals surface area contributed by atoms with Gasteiger partial charge in [-0.3, -0.25) is 4.68 Å². The van der Waals surface area contributed by atoms with Gasteiger partial charge in [-0.15, -0.1) is 0 Å². The second-order valence-corrected chi connectivity index (χ2v) is 6.51. The lowest BCUT2D eigenvalue weighted by atomic mass is 10.1. The van der Waals surface area contributed by atoms with Gasteiger partial charge in [0.1, 0.15) is 12.4 Å². The maximum atomic E-state index is 6.27. The molecule has 0 saturated heterocycles. The van der Waals surface area contributed by atoms with Crippen molar-refractivity contribution >= 4 is 11.6 Å². The lowest BCUT2D eigenvalue weighted by molar-refractivity contribution is 0.294. The van der Waals surface area contributed by atoms with Crippen LogP contribution in [0.1, 0.15) is 32.0 Å². The molecule has 1 aromatic carbocycles. The summed E-state index contributed by atoms with van der Waals surface area (Å²) in [4.78, 5) is 0. The summed E-state index contributed by atoms with van der Waals surface area (Å²) in [5.74, 6) is 0.724. The van der Waals surface area contributed by atoms with E-state index >= 15 is 0 Å². The number of para-hydroxylation sites is 1. The normalized spacial score (nSPS) is 11.7. The zero-order valence-electron chi connectivity index (χ0n) is 13.0. The molecule has 0 saturated carbocycles. The monoisotopic (exact) mass is 307 g/mol. The van der Waals surface area contributed by atoms with Gasteiger partial charge in [-0.25, -0.2) is 0 Å². The molecule has 1 N–H and O–H groups in total. The molecule has 0 aliphatic heterocycles. The molecule has 2 aromatic rings. The van der Waals surface area contributed by atoms with Crippen molar-refractivity contribution < 1.29 is 4.74 Å². The first-order valence-electron chi connectivity index (χ1n) is 6.99. The van der Waals surface area contributed by atoms with E-state index in [9.17, 15) is 0 Å². The Morgan fingerprint density at radius 1 is 1.29 bits per heavy atom. The summed E-state index contributed by atoms with van der Waals surface area (Å²) in [6.07, 6.45) is 1.90. The topological polar surface area (TPSA) is 39.1 Å². The van der Waals surface area contributed by atoms with E-state index in [1.807, 2.05) is 37.5 Å². The Kier molecular flexibility index (Phi) is 4.91. The third kappa shape index (κ3) is 4.76. The van der Waals surface area contributed by atoms with Gasteiger partial charge in [-0.2, -0.15) is 5.10 Å². The number of aromatic nitrogens is 2. The summed E-state index contributed by atoms with van der Waals surface area (Å²) in [5, 5.41) is 8.38. The molecule has 2 rings (SSSR count). The molecule has 0 aliphatic rings. The van der Waals surface area contributed by atoms with Crippen LogP contribution in [0, 0.1) is 0 Å². The first-order chi connectivity index (χ1) is 9.85. The minimum atomic E-state index is 0.0422. The van der Waals surface area contributed by atoms with Gasteiger partial charge in [-0.1, -0.05) is 23.7 Å². The number of rotatable bonds is 5. The van der Waals surface area contributed by atoms with E-state index in [2.05, 4.69) is 31.2 Å². The lowest BCUT2D eigenvalue weighted by Crippen LogP contribution is -2.35. The molecule has 0 atom stereocenters. The first kappa shape index (κ1) is 15.9. The standard InChI is InChI=1S/C16H22ClN3O/c1-16(2,3)18-10-12-6-5-7-14(17)15(12)21-11-13-8-9-20(4)19-13/h5-9,18H,10-11H2,1-4H3. The molecule has 21 heavy (non-hydrogen) atoms. The number of ether oxygens (including phenoxy) is 1. The highest BCUT2D eigenvalue weighted by Gasteiger charge is 2.13. The predicted molar refractivity (Wildman–Crippen MR) is 85.6 cm³/mol. The van der Waals surface area contributed by atoms with Gasteiger partial charge in [0.2, 0.25) is 0 Å². The van der Waals surface area contributed by atoms with E-state index in [1.54, 1.807) is 4.68 Å². The molecule has 0 spiro atoms. The van der Waals surface area contributed by atoms with Crippen molar-refractivity contribution in [2.45, 2.75) is 39.5 Å². The maximum absolute atomic E-state index is 6.27. The number of benzene rings is 1. The van der Waals surface area contributed by atoms with Crippen LogP contribution >= 0.6 is 11.6 Å². The smallest absolute Gasteiger partial charge is 0.142 e. The van der Waals surface area contributed by atoms with Crippen molar-refractivity contribution in [1.82, 2.24) is 15.1 Å². The summed E-state index contributed by atoms with van der Waals surface area (Å²) in [6.45, 7) is 7.51. The lowest BCUT2D eigenvalue weighted by Gasteiger charge is -2.22. The largest absolute Gasteiger partial charge is 0.485 e. The molecular formula is C16H22ClN3O. The molecular weight excluding hydrogens is 286 g/mol. The van der Waals surface area contributed by atoms with Crippen LogP contribution in [-0.2, 0) is 20.2 Å². The van der Waals surface area contributed by atoms with Crippen LogP contribution in [0.5, 0.6) is 5.75 Å². The molecule has 114 valence electrons. The molecule has 1 aromatic heterocycles. The third-order valence-corrected chi connectivity index (χ3v) is 3.29. The van der Waals surface area contributed by atoms with Crippen LogP contribution in [0.3, 0.4) is 0 Å². The molecule has 1 heterocycles. The number of nitrogens with zero attached hydrogens (tertiary/aromatic N) is 2. The highest BCUT2D eigenvalue weighted by Crippen LogP contribution is 2.29. The van der Waals surface area contributed by atoms with Crippen molar-refractivity contribution in [3.8, 4) is 5.75 Å². The van der Waals surface area contributed by atoms with Crippen molar-refractivity contribution in [1.29, 1.82) is 0 Å². The molecule has 0 bridgehead atoms. The minimum Gasteiger partial charge on any atom is -0.485 e. The quantitative estimate of drug-likeness (QED) is 0.918. The Labute approximate surface area is 131 Å². The second kappa shape index (κ2) is 6.50. The number of hydrogen-bond acceptors (Lipinski definition) is 3. The molecule has 0 radical (unpaired) electrons. The Balaban J connectivity index is 2.10. The van der Waals surface area contributed by atoms with E-state index in [0.29, 0.717) is 18.2 Å². The molecule has 0 fully saturated rings. The van der Waals surface area contributed by atoms with Gasteiger partial charge in [0.25, 0.3) is 0 Å². The Morgan fingerprint density at radius 3 is 2.67 bits per heavy atom. The molecule has 0 amide bonds. The van der Waals surface area contributed by atoms with Crippen LogP contribution in [0.2, 0.25) is 5.02 Å². The number of aryl methyl sites for hydroxylation is 1. The summed E-state index contributed by atoms with van der Waals surface area (Å²) in [7, 11) is 1.89. The summed E-state index contributed by atoms with van der Waals surface area (Å²) < 4.78 is 7.64. The van der Waals surface area contributed by atoms with Crippen LogP contribution < -0.4 is 10.1 Å². The van der Waals surface area contributed by atoms with E-state index < -0.39 is 0 Å². The maximum Gasteiger partial charge on any atom is 0.142 e. The Bertz CT molecular complexity index is 602. The van der Waals surface area contributed by atoms with Gasteiger partial charge >= 0.3 is 0 Å². The SMILES string of the molecule is Cn1ccc(COc2c(Cl)cccc2CNC(C)(C)C)n1. The fraction of sp³-hybridized carbons (Fsp3) is 0.438. The zero-order valence-corrected chi connectivity index (χ0v) is 13.7. The molecule has 5 heteroatoms. The van der Waals surface area contributed by atoms with Gasteiger partial charge in [-0.05, 0) is 32.9 Å². The highest BCUT2D eigenvalue weighted by atomic mass is 35.5. The van der Waals surface area contributed by atoms with Crippen LogP contribution in [-0.4, -0.2) is 15.3 Å². The molecule has 4 nitrogen and oxygen atoms in total. The molecule has 0 unspecified atom stereocenters. The van der Waals surface area contributed by atoms with E-state index in [4.69, 9.17) is 16.3 Å². The van der Waals surface area contributed by atoms with E-state index in [-0.39, 0.29) is 5.54 Å². The van der Waals surface area contributed by atoms with Gasteiger partial charge in [0.05, 0.1) is 10.7 Å². The number of nitrogens with one attached hydrogen (secondary N) is 1. The van der Waals surface area contributed by atoms with Gasteiger partial charge in [0.15, 0.2) is 0 Å². The van der Waals surface area contributed by atoms with Crippen LogP contribution in [0.15, 0.2) is 30.5 Å². The van der Waals surface area contributed by atoms with Crippen molar-refractivity contribution in [2.75, 3.05) is 0 Å². The average Bonchev–Trinajstić information content (AvgIpc) is 2.80. The average molecular weight is 308 g/mol. The Hall–Kier alpha value is -1.52. The molecule has 0 aliphatic carbocycles. The fourth-order valence-electron chi connectivity index (χ4n) is 1.90. The van der Waals surface area contributed by atoms with Crippen molar-refractivity contribution in [3.05, 3.63) is 46.7 Å².